The van der Waals surface area contributed by atoms with Crippen molar-refractivity contribution in [2.75, 3.05) is 6.54 Å². The van der Waals surface area contributed by atoms with Crippen molar-refractivity contribution in [3.63, 3.8) is 0 Å². The summed E-state index contributed by atoms with van der Waals surface area (Å²) in [5.74, 6) is 0. The van der Waals surface area contributed by atoms with Crippen molar-refractivity contribution in [1.29, 1.82) is 0 Å². The molecule has 5 rings (SSSR count). The largest absolute Gasteiger partial charge is 0.343 e. The maximum atomic E-state index is 2.76. The first-order chi connectivity index (χ1) is 12.7. The van der Waals surface area contributed by atoms with E-state index in [1.807, 2.05) is 0 Å². The third kappa shape index (κ3) is 2.51. The molecule has 0 amide bonds. The van der Waals surface area contributed by atoms with Gasteiger partial charge in [-0.3, -0.25) is 4.90 Å². The lowest BCUT2D eigenvalue weighted by Gasteiger charge is -2.34. The van der Waals surface area contributed by atoms with Crippen LogP contribution in [0.25, 0.3) is 10.9 Å². The molecule has 1 aromatic heterocycles. The summed E-state index contributed by atoms with van der Waals surface area (Å²) in [4.78, 5) is 2.76. The second kappa shape index (κ2) is 6.28. The molecule has 0 radical (unpaired) electrons. The minimum Gasteiger partial charge on any atom is -0.343 e. The molecular weight excluding hydrogens is 316 g/mol. The molecule has 1 aliphatic heterocycles. The molecule has 1 atom stereocenters. The van der Waals surface area contributed by atoms with Gasteiger partial charge in [-0.15, -0.1) is 0 Å². The zero-order valence-corrected chi connectivity index (χ0v) is 16.0. The molecule has 0 unspecified atom stereocenters. The van der Waals surface area contributed by atoms with Gasteiger partial charge in [0, 0.05) is 36.2 Å². The van der Waals surface area contributed by atoms with Gasteiger partial charge >= 0.3 is 0 Å². The highest BCUT2D eigenvalue weighted by molar-refractivity contribution is 5.86. The van der Waals surface area contributed by atoms with Gasteiger partial charge in [0.2, 0.25) is 0 Å². The van der Waals surface area contributed by atoms with Gasteiger partial charge in [-0.05, 0) is 68.4 Å². The molecular formula is C24H28N2. The van der Waals surface area contributed by atoms with Crippen molar-refractivity contribution in [3.05, 3.63) is 70.4 Å². The Bertz CT molecular complexity index is 962. The SMILES string of the molecule is Cc1ccc2c(c1)c1c3n2CCCN(Cc2ccccc2C)[C@H]3CCC1. The van der Waals surface area contributed by atoms with Crippen molar-refractivity contribution < 1.29 is 0 Å². The van der Waals surface area contributed by atoms with E-state index in [4.69, 9.17) is 0 Å². The van der Waals surface area contributed by atoms with Crippen LogP contribution in [-0.4, -0.2) is 16.0 Å². The van der Waals surface area contributed by atoms with Crippen LogP contribution in [0.3, 0.4) is 0 Å². The van der Waals surface area contributed by atoms with E-state index in [2.05, 4.69) is 65.8 Å². The molecule has 0 spiro atoms. The summed E-state index contributed by atoms with van der Waals surface area (Å²) in [5.41, 5.74) is 9.02. The Morgan fingerprint density at radius 2 is 1.88 bits per heavy atom. The standard InChI is InChI=1S/C24H28N2/c1-17-11-12-22-21(15-17)20-9-5-10-23-24(20)26(22)14-6-13-25(23)16-19-8-4-3-7-18(19)2/h3-4,7-8,11-12,15,23H,5-6,9-10,13-14,16H2,1-2H3/t23-/m0/s1. The average molecular weight is 345 g/mol. The fourth-order valence-corrected chi connectivity index (χ4v) is 5.19. The third-order valence-electron chi connectivity index (χ3n) is 6.49. The van der Waals surface area contributed by atoms with Crippen LogP contribution >= 0.6 is 0 Å². The van der Waals surface area contributed by atoms with E-state index in [9.17, 15) is 0 Å². The summed E-state index contributed by atoms with van der Waals surface area (Å²) >= 11 is 0. The fourth-order valence-electron chi connectivity index (χ4n) is 5.19. The number of hydrogen-bond donors (Lipinski definition) is 0. The molecule has 2 heteroatoms. The summed E-state index contributed by atoms with van der Waals surface area (Å²) in [6, 6.07) is 16.5. The van der Waals surface area contributed by atoms with Crippen LogP contribution in [0.1, 0.15) is 53.3 Å². The average Bonchev–Trinajstić information content (AvgIpc) is 2.83. The third-order valence-corrected chi connectivity index (χ3v) is 6.49. The van der Waals surface area contributed by atoms with E-state index < -0.39 is 0 Å². The molecule has 2 aliphatic rings. The summed E-state index contributed by atoms with van der Waals surface area (Å²) in [6.45, 7) is 7.92. The monoisotopic (exact) mass is 344 g/mol. The Kier molecular flexibility index (Phi) is 3.90. The second-order valence-electron chi connectivity index (χ2n) is 8.19. The van der Waals surface area contributed by atoms with Crippen LogP contribution in [0.5, 0.6) is 0 Å². The maximum absolute atomic E-state index is 2.76. The lowest BCUT2D eigenvalue weighted by molar-refractivity contribution is 0.173. The summed E-state index contributed by atoms with van der Waals surface area (Å²) < 4.78 is 2.66. The minimum atomic E-state index is 0.577. The number of aromatic nitrogens is 1. The van der Waals surface area contributed by atoms with Gasteiger partial charge in [0.1, 0.15) is 0 Å². The van der Waals surface area contributed by atoms with Crippen molar-refractivity contribution in [2.24, 2.45) is 0 Å². The highest BCUT2D eigenvalue weighted by Gasteiger charge is 2.33. The maximum Gasteiger partial charge on any atom is 0.0507 e. The first-order valence-electron chi connectivity index (χ1n) is 10.1. The Morgan fingerprint density at radius 3 is 2.77 bits per heavy atom. The Balaban J connectivity index is 1.61. The zero-order chi connectivity index (χ0) is 17.7. The van der Waals surface area contributed by atoms with E-state index in [1.54, 1.807) is 11.3 Å². The number of hydrogen-bond acceptors (Lipinski definition) is 1. The van der Waals surface area contributed by atoms with E-state index in [-0.39, 0.29) is 0 Å². The zero-order valence-electron chi connectivity index (χ0n) is 16.0. The van der Waals surface area contributed by atoms with Crippen LogP contribution in [0.2, 0.25) is 0 Å². The van der Waals surface area contributed by atoms with Crippen LogP contribution in [0.15, 0.2) is 42.5 Å². The van der Waals surface area contributed by atoms with Gasteiger partial charge in [-0.2, -0.15) is 0 Å². The van der Waals surface area contributed by atoms with Crippen molar-refractivity contribution in [3.8, 4) is 0 Å². The second-order valence-corrected chi connectivity index (χ2v) is 8.19. The molecule has 0 saturated carbocycles. The number of nitrogens with zero attached hydrogens (tertiary/aromatic N) is 2. The topological polar surface area (TPSA) is 8.17 Å². The molecule has 0 fully saturated rings. The first kappa shape index (κ1) is 16.1. The predicted octanol–water partition coefficient (Wildman–Crippen LogP) is 5.54. The van der Waals surface area contributed by atoms with E-state index in [0.717, 1.165) is 13.1 Å². The van der Waals surface area contributed by atoms with Gasteiger partial charge < -0.3 is 4.57 Å². The minimum absolute atomic E-state index is 0.577. The van der Waals surface area contributed by atoms with Gasteiger partial charge in [-0.25, -0.2) is 0 Å². The van der Waals surface area contributed by atoms with E-state index in [0.29, 0.717) is 6.04 Å². The summed E-state index contributed by atoms with van der Waals surface area (Å²) in [7, 11) is 0. The van der Waals surface area contributed by atoms with Gasteiger partial charge in [-0.1, -0.05) is 35.9 Å². The quantitative estimate of drug-likeness (QED) is 0.592. The van der Waals surface area contributed by atoms with Crippen LogP contribution in [0.4, 0.5) is 0 Å². The summed E-state index contributed by atoms with van der Waals surface area (Å²) in [5, 5.41) is 1.52. The lowest BCUT2D eigenvalue weighted by atomic mass is 9.90. The van der Waals surface area contributed by atoms with E-state index >= 15 is 0 Å². The number of benzene rings is 2. The van der Waals surface area contributed by atoms with Crippen LogP contribution < -0.4 is 0 Å². The highest BCUT2D eigenvalue weighted by Crippen LogP contribution is 2.42. The molecule has 26 heavy (non-hydrogen) atoms. The van der Waals surface area contributed by atoms with Crippen molar-refractivity contribution in [2.45, 2.75) is 58.7 Å². The Hall–Kier alpha value is -2.06. The number of fused-ring (bicyclic) bond motifs is 3. The number of aryl methyl sites for hydroxylation is 4. The van der Waals surface area contributed by atoms with Crippen LogP contribution in [-0.2, 0) is 19.5 Å². The van der Waals surface area contributed by atoms with Crippen molar-refractivity contribution in [1.82, 2.24) is 9.47 Å². The van der Waals surface area contributed by atoms with E-state index in [1.165, 1.54) is 59.8 Å². The number of rotatable bonds is 2. The normalized spacial score (nSPS) is 20.2. The molecule has 3 aromatic rings. The fraction of sp³-hybridized carbons (Fsp3) is 0.417. The summed E-state index contributed by atoms with van der Waals surface area (Å²) in [6.07, 6.45) is 5.10. The molecule has 134 valence electrons. The van der Waals surface area contributed by atoms with Crippen molar-refractivity contribution >= 4 is 10.9 Å². The van der Waals surface area contributed by atoms with Gasteiger partial charge in [0.25, 0.3) is 0 Å². The molecule has 2 heterocycles. The highest BCUT2D eigenvalue weighted by atomic mass is 15.2. The first-order valence-corrected chi connectivity index (χ1v) is 10.1. The molecule has 0 N–H and O–H groups in total. The lowest BCUT2D eigenvalue weighted by Crippen LogP contribution is -2.31. The smallest absolute Gasteiger partial charge is 0.0507 e. The molecule has 0 bridgehead atoms. The molecule has 2 aromatic carbocycles. The molecule has 1 aliphatic carbocycles. The predicted molar refractivity (Wildman–Crippen MR) is 109 cm³/mol. The molecule has 2 nitrogen and oxygen atoms in total. The Morgan fingerprint density at radius 1 is 1.00 bits per heavy atom. The van der Waals surface area contributed by atoms with Crippen LogP contribution in [0, 0.1) is 13.8 Å². The van der Waals surface area contributed by atoms with Gasteiger partial charge in [0.05, 0.1) is 6.04 Å². The Labute approximate surface area is 156 Å². The van der Waals surface area contributed by atoms with Gasteiger partial charge in [0.15, 0.2) is 0 Å². The molecule has 0 saturated heterocycles.